The Morgan fingerprint density at radius 3 is 2.90 bits per heavy atom. The minimum Gasteiger partial charge on any atom is -0.481 e. The van der Waals surface area contributed by atoms with E-state index in [2.05, 4.69) is 30.3 Å². The molecular weight excluding hydrogens is 288 g/mol. The molecule has 1 atom stereocenters. The summed E-state index contributed by atoms with van der Waals surface area (Å²) < 4.78 is 7.75. The van der Waals surface area contributed by atoms with E-state index in [1.165, 1.54) is 11.8 Å². The van der Waals surface area contributed by atoms with E-state index in [-0.39, 0.29) is 11.2 Å². The third kappa shape index (κ3) is 4.48. The molecule has 0 aromatic carbocycles. The zero-order chi connectivity index (χ0) is 15.5. The molecule has 1 fully saturated rings. The van der Waals surface area contributed by atoms with E-state index in [4.69, 9.17) is 9.84 Å². The summed E-state index contributed by atoms with van der Waals surface area (Å²) in [6.07, 6.45) is 4.14. The minimum absolute atomic E-state index is 0.00937. The van der Waals surface area contributed by atoms with Gasteiger partial charge in [-0.05, 0) is 12.8 Å². The van der Waals surface area contributed by atoms with Crippen molar-refractivity contribution >= 4 is 17.7 Å². The number of carboxylic acid groups (broad SMARTS) is 1. The first-order valence-corrected chi connectivity index (χ1v) is 8.35. The van der Waals surface area contributed by atoms with Gasteiger partial charge >= 0.3 is 5.97 Å². The van der Waals surface area contributed by atoms with Crippen LogP contribution in [0.3, 0.4) is 0 Å². The first kappa shape index (κ1) is 16.4. The normalized spacial score (nSPS) is 19.7. The number of carboxylic acids is 1. The summed E-state index contributed by atoms with van der Waals surface area (Å²) in [5.41, 5.74) is 1.14. The van der Waals surface area contributed by atoms with Crippen molar-refractivity contribution < 1.29 is 14.6 Å². The molecule has 5 nitrogen and oxygen atoms in total. The van der Waals surface area contributed by atoms with Gasteiger partial charge in [0.1, 0.15) is 0 Å². The van der Waals surface area contributed by atoms with Crippen molar-refractivity contribution in [2.24, 2.45) is 5.92 Å². The molecule has 0 spiro atoms. The van der Waals surface area contributed by atoms with Gasteiger partial charge in [-0.25, -0.2) is 4.98 Å². The lowest BCUT2D eigenvalue weighted by molar-refractivity contribution is -0.133. The second-order valence-electron chi connectivity index (χ2n) is 6.55. The lowest BCUT2D eigenvalue weighted by atomic mass is 9.92. The van der Waals surface area contributed by atoms with Crippen molar-refractivity contribution in [1.82, 2.24) is 9.55 Å². The third-order valence-electron chi connectivity index (χ3n) is 3.61. The largest absolute Gasteiger partial charge is 0.481 e. The Morgan fingerprint density at radius 2 is 2.33 bits per heavy atom. The highest BCUT2D eigenvalue weighted by Crippen LogP contribution is 2.29. The topological polar surface area (TPSA) is 64.3 Å². The second-order valence-corrected chi connectivity index (χ2v) is 7.49. The summed E-state index contributed by atoms with van der Waals surface area (Å²) in [7, 11) is 0. The quantitative estimate of drug-likeness (QED) is 0.847. The molecule has 1 saturated heterocycles. The summed E-state index contributed by atoms with van der Waals surface area (Å²) in [5.74, 6) is -0.284. The maximum absolute atomic E-state index is 10.8. The fourth-order valence-corrected chi connectivity index (χ4v) is 3.29. The van der Waals surface area contributed by atoms with Crippen molar-refractivity contribution in [3.63, 3.8) is 0 Å². The van der Waals surface area contributed by atoms with E-state index in [0.29, 0.717) is 5.92 Å². The van der Waals surface area contributed by atoms with Gasteiger partial charge in [-0.1, -0.05) is 32.5 Å². The average molecular weight is 312 g/mol. The number of imidazole rings is 1. The van der Waals surface area contributed by atoms with Gasteiger partial charge in [0.15, 0.2) is 5.16 Å². The van der Waals surface area contributed by atoms with Gasteiger partial charge < -0.3 is 14.4 Å². The predicted octanol–water partition coefficient (Wildman–Crippen LogP) is 2.78. The van der Waals surface area contributed by atoms with Crippen molar-refractivity contribution in [3.8, 4) is 0 Å². The Bertz CT molecular complexity index is 488. The standard InChI is InChI=1S/C15H24N2O3S/c1-15(2,3)12-7-16-14(21-10-13(18)19)17(12)8-11-5-4-6-20-9-11/h7,11H,4-6,8-10H2,1-3H3,(H,18,19). The van der Waals surface area contributed by atoms with Crippen molar-refractivity contribution in [2.45, 2.75) is 50.7 Å². The van der Waals surface area contributed by atoms with Crippen molar-refractivity contribution in [1.29, 1.82) is 0 Å². The number of carbonyl (C=O) groups is 1. The molecule has 1 aromatic heterocycles. The number of aromatic nitrogens is 2. The second kappa shape index (κ2) is 6.83. The summed E-state index contributed by atoms with van der Waals surface area (Å²) in [6.45, 7) is 8.96. The number of hydrogen-bond donors (Lipinski definition) is 1. The van der Waals surface area contributed by atoms with Crippen LogP contribution in [0, 0.1) is 5.92 Å². The molecule has 0 bridgehead atoms. The Morgan fingerprint density at radius 1 is 1.57 bits per heavy atom. The highest BCUT2D eigenvalue weighted by molar-refractivity contribution is 7.99. The molecule has 0 radical (unpaired) electrons. The van der Waals surface area contributed by atoms with E-state index < -0.39 is 5.97 Å². The van der Waals surface area contributed by atoms with Gasteiger partial charge in [0.05, 0.1) is 12.4 Å². The van der Waals surface area contributed by atoms with Crippen molar-refractivity contribution in [2.75, 3.05) is 19.0 Å². The Balaban J connectivity index is 2.20. The lowest BCUT2D eigenvalue weighted by Gasteiger charge is -2.27. The number of aliphatic carboxylic acids is 1. The Kier molecular flexibility index (Phi) is 5.32. The highest BCUT2D eigenvalue weighted by Gasteiger charge is 2.25. The average Bonchev–Trinajstić information content (AvgIpc) is 2.80. The van der Waals surface area contributed by atoms with Gasteiger partial charge in [0, 0.05) is 36.4 Å². The van der Waals surface area contributed by atoms with Crippen LogP contribution in [0.25, 0.3) is 0 Å². The van der Waals surface area contributed by atoms with Crippen LogP contribution in [-0.4, -0.2) is 39.6 Å². The highest BCUT2D eigenvalue weighted by atomic mass is 32.2. The fraction of sp³-hybridized carbons (Fsp3) is 0.733. The molecule has 0 saturated carbocycles. The van der Waals surface area contributed by atoms with Crippen LogP contribution >= 0.6 is 11.8 Å². The zero-order valence-electron chi connectivity index (χ0n) is 13.0. The van der Waals surface area contributed by atoms with E-state index in [1.54, 1.807) is 0 Å². The summed E-state index contributed by atoms with van der Waals surface area (Å²) in [6, 6.07) is 0. The summed E-state index contributed by atoms with van der Waals surface area (Å²) >= 11 is 1.29. The first-order valence-electron chi connectivity index (χ1n) is 7.36. The van der Waals surface area contributed by atoms with E-state index in [1.807, 2.05) is 6.20 Å². The number of ether oxygens (including phenoxy) is 1. The van der Waals surface area contributed by atoms with Crippen LogP contribution in [0.5, 0.6) is 0 Å². The van der Waals surface area contributed by atoms with Crippen LogP contribution in [-0.2, 0) is 21.5 Å². The first-order chi connectivity index (χ1) is 9.88. The summed E-state index contributed by atoms with van der Waals surface area (Å²) in [4.78, 5) is 15.2. The van der Waals surface area contributed by atoms with E-state index >= 15 is 0 Å². The molecule has 0 amide bonds. The molecule has 1 N–H and O–H groups in total. The smallest absolute Gasteiger partial charge is 0.313 e. The van der Waals surface area contributed by atoms with Gasteiger partial charge in [-0.2, -0.15) is 0 Å². The van der Waals surface area contributed by atoms with Gasteiger partial charge in [-0.15, -0.1) is 0 Å². The monoisotopic (exact) mass is 312 g/mol. The third-order valence-corrected chi connectivity index (χ3v) is 4.58. The molecule has 1 aromatic rings. The SMILES string of the molecule is CC(C)(C)c1cnc(SCC(=O)O)n1CC1CCCOC1. The molecule has 2 rings (SSSR count). The van der Waals surface area contributed by atoms with E-state index in [0.717, 1.165) is 43.5 Å². The van der Waals surface area contributed by atoms with Crippen molar-refractivity contribution in [3.05, 3.63) is 11.9 Å². The Labute approximate surface area is 130 Å². The fourth-order valence-electron chi connectivity index (χ4n) is 2.58. The number of thioether (sulfide) groups is 1. The molecule has 6 heteroatoms. The molecule has 0 aliphatic carbocycles. The van der Waals surface area contributed by atoms with Crippen LogP contribution in [0.4, 0.5) is 0 Å². The molecule has 21 heavy (non-hydrogen) atoms. The molecule has 1 aliphatic heterocycles. The van der Waals surface area contributed by atoms with Gasteiger partial charge in [0.25, 0.3) is 0 Å². The van der Waals surface area contributed by atoms with Crippen LogP contribution < -0.4 is 0 Å². The molecule has 118 valence electrons. The molecular formula is C15H24N2O3S. The molecule has 1 aliphatic rings. The van der Waals surface area contributed by atoms with Crippen LogP contribution in [0.15, 0.2) is 11.4 Å². The maximum atomic E-state index is 10.8. The molecule has 2 heterocycles. The zero-order valence-corrected chi connectivity index (χ0v) is 13.8. The van der Waals surface area contributed by atoms with Gasteiger partial charge in [-0.3, -0.25) is 4.79 Å². The lowest BCUT2D eigenvalue weighted by Crippen LogP contribution is -2.26. The Hall–Kier alpha value is -1.01. The summed E-state index contributed by atoms with van der Waals surface area (Å²) in [5, 5.41) is 9.67. The predicted molar refractivity (Wildman–Crippen MR) is 82.8 cm³/mol. The van der Waals surface area contributed by atoms with Gasteiger partial charge in [0.2, 0.25) is 0 Å². The minimum atomic E-state index is -0.812. The number of nitrogens with zero attached hydrogens (tertiary/aromatic N) is 2. The number of rotatable bonds is 5. The molecule has 1 unspecified atom stereocenters. The van der Waals surface area contributed by atoms with Crippen LogP contribution in [0.1, 0.15) is 39.3 Å². The maximum Gasteiger partial charge on any atom is 0.313 e. The van der Waals surface area contributed by atoms with Crippen LogP contribution in [0.2, 0.25) is 0 Å². The van der Waals surface area contributed by atoms with E-state index in [9.17, 15) is 4.79 Å². The number of hydrogen-bond acceptors (Lipinski definition) is 4.